The Labute approximate surface area is 111 Å². The molecule has 1 saturated carbocycles. The predicted octanol–water partition coefficient (Wildman–Crippen LogP) is 1.65. The number of rotatable bonds is 3. The van der Waals surface area contributed by atoms with Crippen molar-refractivity contribution in [2.45, 2.75) is 37.9 Å². The quantitative estimate of drug-likeness (QED) is 0.910. The molecule has 1 aliphatic carbocycles. The minimum Gasteiger partial charge on any atom is -0.472 e. The van der Waals surface area contributed by atoms with Gasteiger partial charge in [-0.25, -0.2) is 4.98 Å². The molecule has 2 aromatic heterocycles. The van der Waals surface area contributed by atoms with Crippen LogP contribution in [-0.2, 0) is 4.74 Å². The zero-order chi connectivity index (χ0) is 13.2. The van der Waals surface area contributed by atoms with E-state index in [4.69, 9.17) is 15.2 Å². The normalized spacial score (nSPS) is 23.6. The van der Waals surface area contributed by atoms with Crippen LogP contribution in [0.2, 0.25) is 0 Å². The summed E-state index contributed by atoms with van der Waals surface area (Å²) in [6.45, 7) is 0. The molecule has 0 bridgehead atoms. The Hall–Kier alpha value is -1.82. The summed E-state index contributed by atoms with van der Waals surface area (Å²) in [5.41, 5.74) is 6.48. The number of hydrogen-bond acceptors (Lipinski definition) is 5. The number of methoxy groups -OCH3 is 1. The van der Waals surface area contributed by atoms with Crippen LogP contribution in [0, 0.1) is 0 Å². The molecule has 102 valence electrons. The number of anilines is 1. The average molecular weight is 262 g/mol. The second-order valence-corrected chi connectivity index (χ2v) is 4.89. The van der Waals surface area contributed by atoms with Crippen molar-refractivity contribution >= 4 is 11.5 Å². The molecule has 2 aromatic rings. The van der Waals surface area contributed by atoms with E-state index in [0.717, 1.165) is 25.7 Å². The smallest absolute Gasteiger partial charge is 0.260 e. The molecule has 6 heteroatoms. The van der Waals surface area contributed by atoms with Crippen LogP contribution in [-0.4, -0.2) is 33.7 Å². The first-order chi connectivity index (χ1) is 9.26. The molecule has 1 aliphatic rings. The van der Waals surface area contributed by atoms with Gasteiger partial charge in [0.2, 0.25) is 5.65 Å². The van der Waals surface area contributed by atoms with E-state index in [1.165, 1.54) is 0 Å². The lowest BCUT2D eigenvalue weighted by molar-refractivity contribution is 0.0199. The standard InChI is InChI=1S/C13H18N4O2/c1-18-9-3-2-4-10(7-9)19-13-12-15-5-6-17(12)8-11(14)16-13/h5-6,8-10H,2-4,7,14H2,1H3. The van der Waals surface area contributed by atoms with Gasteiger partial charge >= 0.3 is 0 Å². The van der Waals surface area contributed by atoms with Crippen LogP contribution in [0.1, 0.15) is 25.7 Å². The maximum absolute atomic E-state index is 5.99. The molecule has 0 aliphatic heterocycles. The van der Waals surface area contributed by atoms with E-state index < -0.39 is 0 Å². The minimum absolute atomic E-state index is 0.119. The van der Waals surface area contributed by atoms with Gasteiger partial charge in [-0.2, -0.15) is 4.98 Å². The van der Waals surface area contributed by atoms with E-state index in [9.17, 15) is 0 Å². The van der Waals surface area contributed by atoms with E-state index >= 15 is 0 Å². The zero-order valence-electron chi connectivity index (χ0n) is 11.0. The minimum atomic E-state index is 0.119. The summed E-state index contributed by atoms with van der Waals surface area (Å²) in [7, 11) is 1.75. The molecule has 0 spiro atoms. The Morgan fingerprint density at radius 1 is 1.37 bits per heavy atom. The number of nitrogens with zero attached hydrogens (tertiary/aromatic N) is 3. The molecule has 0 saturated heterocycles. The third-order valence-corrected chi connectivity index (χ3v) is 3.55. The summed E-state index contributed by atoms with van der Waals surface area (Å²) in [5.74, 6) is 0.936. The van der Waals surface area contributed by atoms with Crippen LogP contribution in [0.4, 0.5) is 5.82 Å². The van der Waals surface area contributed by atoms with E-state index in [-0.39, 0.29) is 12.2 Å². The van der Waals surface area contributed by atoms with Crippen LogP contribution < -0.4 is 10.5 Å². The van der Waals surface area contributed by atoms with Crippen molar-refractivity contribution in [3.05, 3.63) is 18.6 Å². The highest BCUT2D eigenvalue weighted by Gasteiger charge is 2.24. The molecule has 2 atom stereocenters. The van der Waals surface area contributed by atoms with Gasteiger partial charge in [0, 0.05) is 25.9 Å². The maximum Gasteiger partial charge on any atom is 0.260 e. The maximum atomic E-state index is 5.99. The van der Waals surface area contributed by atoms with Gasteiger partial charge in [-0.15, -0.1) is 0 Å². The number of fused-ring (bicyclic) bond motifs is 1. The molecule has 0 aromatic carbocycles. The first-order valence-electron chi connectivity index (χ1n) is 6.55. The second kappa shape index (κ2) is 5.05. The SMILES string of the molecule is COC1CCCC(Oc2nc(N)cn3ccnc23)C1. The van der Waals surface area contributed by atoms with Gasteiger partial charge in [-0.05, 0) is 19.3 Å². The van der Waals surface area contributed by atoms with Crippen molar-refractivity contribution in [3.8, 4) is 5.88 Å². The number of aromatic nitrogens is 3. The van der Waals surface area contributed by atoms with Crippen LogP contribution in [0.25, 0.3) is 5.65 Å². The Bertz CT molecular complexity index is 569. The molecular formula is C13H18N4O2. The molecule has 3 rings (SSSR count). The summed E-state index contributed by atoms with van der Waals surface area (Å²) < 4.78 is 13.2. The molecule has 2 unspecified atom stereocenters. The van der Waals surface area contributed by atoms with Crippen LogP contribution in [0.3, 0.4) is 0 Å². The van der Waals surface area contributed by atoms with Crippen molar-refractivity contribution in [1.29, 1.82) is 0 Å². The predicted molar refractivity (Wildman–Crippen MR) is 71.1 cm³/mol. The molecule has 6 nitrogen and oxygen atoms in total. The van der Waals surface area contributed by atoms with Crippen molar-refractivity contribution in [2.75, 3.05) is 12.8 Å². The third-order valence-electron chi connectivity index (χ3n) is 3.55. The van der Waals surface area contributed by atoms with Crippen molar-refractivity contribution in [2.24, 2.45) is 0 Å². The first-order valence-corrected chi connectivity index (χ1v) is 6.55. The van der Waals surface area contributed by atoms with E-state index in [1.807, 2.05) is 10.6 Å². The van der Waals surface area contributed by atoms with Crippen LogP contribution in [0.5, 0.6) is 5.88 Å². The Kier molecular flexibility index (Phi) is 3.25. The van der Waals surface area contributed by atoms with Crippen LogP contribution >= 0.6 is 0 Å². The Balaban J connectivity index is 1.82. The van der Waals surface area contributed by atoms with Crippen molar-refractivity contribution < 1.29 is 9.47 Å². The number of imidazole rings is 1. The monoisotopic (exact) mass is 262 g/mol. The third kappa shape index (κ3) is 2.49. The fraction of sp³-hybridized carbons (Fsp3) is 0.538. The summed E-state index contributed by atoms with van der Waals surface area (Å²) in [6, 6.07) is 0. The lowest BCUT2D eigenvalue weighted by Crippen LogP contribution is -2.30. The largest absolute Gasteiger partial charge is 0.472 e. The van der Waals surface area contributed by atoms with Gasteiger partial charge in [-0.3, -0.25) is 4.40 Å². The van der Waals surface area contributed by atoms with Crippen molar-refractivity contribution in [1.82, 2.24) is 14.4 Å². The van der Waals surface area contributed by atoms with Gasteiger partial charge in [0.05, 0.1) is 12.3 Å². The second-order valence-electron chi connectivity index (χ2n) is 4.89. The van der Waals surface area contributed by atoms with Gasteiger partial charge in [0.15, 0.2) is 0 Å². The molecular weight excluding hydrogens is 244 g/mol. The highest BCUT2D eigenvalue weighted by molar-refractivity contribution is 5.52. The van der Waals surface area contributed by atoms with E-state index in [0.29, 0.717) is 17.3 Å². The molecule has 1 fully saturated rings. The zero-order valence-corrected chi connectivity index (χ0v) is 11.0. The molecule has 0 radical (unpaired) electrons. The summed E-state index contributed by atoms with van der Waals surface area (Å²) in [5, 5.41) is 0. The summed E-state index contributed by atoms with van der Waals surface area (Å²) in [6.07, 6.45) is 9.78. The van der Waals surface area contributed by atoms with Gasteiger partial charge in [-0.1, -0.05) is 0 Å². The number of nitrogens with two attached hydrogens (primary N) is 1. The first kappa shape index (κ1) is 12.2. The average Bonchev–Trinajstić information content (AvgIpc) is 2.87. The number of ether oxygens (including phenoxy) is 2. The highest BCUT2D eigenvalue weighted by Crippen LogP contribution is 2.26. The molecule has 2 N–H and O–H groups in total. The molecule has 2 heterocycles. The van der Waals surface area contributed by atoms with E-state index in [1.54, 1.807) is 19.5 Å². The molecule has 0 amide bonds. The highest BCUT2D eigenvalue weighted by atomic mass is 16.5. The fourth-order valence-corrected chi connectivity index (χ4v) is 2.58. The molecule has 19 heavy (non-hydrogen) atoms. The summed E-state index contributed by atoms with van der Waals surface area (Å²) in [4.78, 5) is 8.50. The number of hydrogen-bond donors (Lipinski definition) is 1. The van der Waals surface area contributed by atoms with Crippen molar-refractivity contribution in [3.63, 3.8) is 0 Å². The fourth-order valence-electron chi connectivity index (χ4n) is 2.58. The van der Waals surface area contributed by atoms with Gasteiger partial charge in [0.1, 0.15) is 11.9 Å². The van der Waals surface area contributed by atoms with E-state index in [2.05, 4.69) is 9.97 Å². The van der Waals surface area contributed by atoms with Crippen LogP contribution in [0.15, 0.2) is 18.6 Å². The Morgan fingerprint density at radius 3 is 3.05 bits per heavy atom. The lowest BCUT2D eigenvalue weighted by Gasteiger charge is -2.28. The number of nitrogen functional groups attached to an aromatic ring is 1. The summed E-state index contributed by atoms with van der Waals surface area (Å²) >= 11 is 0. The topological polar surface area (TPSA) is 74.7 Å². The Morgan fingerprint density at radius 2 is 2.21 bits per heavy atom. The lowest BCUT2D eigenvalue weighted by atomic mass is 9.95. The van der Waals surface area contributed by atoms with Gasteiger partial charge in [0.25, 0.3) is 5.88 Å². The van der Waals surface area contributed by atoms with Gasteiger partial charge < -0.3 is 15.2 Å².